The van der Waals surface area contributed by atoms with Gasteiger partial charge in [0.15, 0.2) is 5.76 Å². The van der Waals surface area contributed by atoms with Crippen LogP contribution in [0.3, 0.4) is 0 Å². The van der Waals surface area contributed by atoms with E-state index in [4.69, 9.17) is 16.0 Å². The van der Waals surface area contributed by atoms with E-state index in [1.54, 1.807) is 18.0 Å². The molecule has 0 N–H and O–H groups in total. The molecule has 3 nitrogen and oxygen atoms in total. The molecule has 0 radical (unpaired) electrons. The summed E-state index contributed by atoms with van der Waals surface area (Å²) in [6, 6.07) is 3.52. The number of hydrogen-bond acceptors (Lipinski definition) is 2. The topological polar surface area (TPSA) is 33.5 Å². The van der Waals surface area contributed by atoms with Crippen LogP contribution in [0.2, 0.25) is 0 Å². The number of carbonyl (C=O) groups excluding carboxylic acids is 1. The van der Waals surface area contributed by atoms with Gasteiger partial charge in [-0.05, 0) is 12.1 Å². The summed E-state index contributed by atoms with van der Waals surface area (Å²) in [6.45, 7) is 2.51. The van der Waals surface area contributed by atoms with Gasteiger partial charge in [-0.15, -0.1) is 11.6 Å². The lowest BCUT2D eigenvalue weighted by Gasteiger charge is -2.13. The van der Waals surface area contributed by atoms with Crippen molar-refractivity contribution in [1.29, 1.82) is 0 Å². The summed E-state index contributed by atoms with van der Waals surface area (Å²) in [6.07, 6.45) is 0.798. The summed E-state index contributed by atoms with van der Waals surface area (Å²) in [5, 5.41) is 0. The summed E-state index contributed by atoms with van der Waals surface area (Å²) < 4.78 is 5.33. The van der Waals surface area contributed by atoms with Gasteiger partial charge >= 0.3 is 0 Å². The van der Waals surface area contributed by atoms with Crippen LogP contribution in [0.1, 0.15) is 23.2 Å². The lowest BCUT2D eigenvalue weighted by Crippen LogP contribution is -2.28. The Bertz CT molecular complexity index is 309. The molecule has 0 unspecified atom stereocenters. The number of hydrogen-bond donors (Lipinski definition) is 0. The highest BCUT2D eigenvalue weighted by Gasteiger charge is 2.14. The Labute approximate surface area is 88.6 Å². The zero-order valence-electron chi connectivity index (χ0n) is 8.42. The van der Waals surface area contributed by atoms with Gasteiger partial charge < -0.3 is 9.32 Å². The second-order valence-corrected chi connectivity index (χ2v) is 3.41. The van der Waals surface area contributed by atoms with Crippen LogP contribution in [0.5, 0.6) is 0 Å². The number of nitrogens with zero attached hydrogens (tertiary/aromatic N) is 1. The van der Waals surface area contributed by atoms with Gasteiger partial charge in [0.1, 0.15) is 5.76 Å². The molecule has 78 valence electrons. The van der Waals surface area contributed by atoms with Crippen LogP contribution in [0.15, 0.2) is 16.5 Å². The van der Waals surface area contributed by atoms with Crippen LogP contribution >= 0.6 is 11.6 Å². The maximum Gasteiger partial charge on any atom is 0.289 e. The van der Waals surface area contributed by atoms with Crippen LogP contribution in [0, 0.1) is 0 Å². The van der Waals surface area contributed by atoms with Gasteiger partial charge in [-0.3, -0.25) is 4.79 Å². The second kappa shape index (κ2) is 5.05. The van der Waals surface area contributed by atoms with Crippen molar-refractivity contribution in [2.45, 2.75) is 13.3 Å². The predicted octanol–water partition coefficient (Wildman–Crippen LogP) is 2.15. The quantitative estimate of drug-likeness (QED) is 0.722. The van der Waals surface area contributed by atoms with E-state index in [2.05, 4.69) is 0 Å². The Morgan fingerprint density at radius 3 is 2.79 bits per heavy atom. The van der Waals surface area contributed by atoms with Gasteiger partial charge in [-0.25, -0.2) is 0 Å². The third kappa shape index (κ3) is 2.51. The minimum atomic E-state index is -0.120. The van der Waals surface area contributed by atoms with E-state index >= 15 is 0 Å². The molecule has 1 rings (SSSR count). The standard InChI is InChI=1S/C10H14ClNO2/c1-3-8-4-5-9(14-8)10(13)12(2)7-6-11/h4-5H,3,6-7H2,1-2H3. The van der Waals surface area contributed by atoms with Crippen LogP contribution in [0.4, 0.5) is 0 Å². The van der Waals surface area contributed by atoms with Crippen molar-refractivity contribution >= 4 is 17.5 Å². The molecule has 0 aliphatic carbocycles. The molecule has 0 aromatic carbocycles. The maximum atomic E-state index is 11.6. The minimum absolute atomic E-state index is 0.120. The largest absolute Gasteiger partial charge is 0.456 e. The zero-order chi connectivity index (χ0) is 10.6. The van der Waals surface area contributed by atoms with Gasteiger partial charge in [-0.1, -0.05) is 6.92 Å². The van der Waals surface area contributed by atoms with Crippen molar-refractivity contribution in [2.75, 3.05) is 19.5 Å². The molecule has 0 aliphatic rings. The summed E-state index contributed by atoms with van der Waals surface area (Å²) >= 11 is 5.54. The Morgan fingerprint density at radius 2 is 2.29 bits per heavy atom. The van der Waals surface area contributed by atoms with Crippen molar-refractivity contribution in [3.8, 4) is 0 Å². The van der Waals surface area contributed by atoms with E-state index in [1.807, 2.05) is 13.0 Å². The van der Waals surface area contributed by atoms with Crippen molar-refractivity contribution in [2.24, 2.45) is 0 Å². The van der Waals surface area contributed by atoms with Crippen LogP contribution < -0.4 is 0 Å². The van der Waals surface area contributed by atoms with Crippen LogP contribution in [0.25, 0.3) is 0 Å². The Balaban J connectivity index is 2.68. The first-order valence-corrected chi connectivity index (χ1v) is 5.12. The average molecular weight is 216 g/mol. The first kappa shape index (κ1) is 11.1. The molecule has 0 saturated heterocycles. The molecule has 1 aromatic heterocycles. The molecule has 14 heavy (non-hydrogen) atoms. The SMILES string of the molecule is CCc1ccc(C(=O)N(C)CCCl)o1. The van der Waals surface area contributed by atoms with Crippen molar-refractivity contribution in [3.63, 3.8) is 0 Å². The average Bonchev–Trinajstić information content (AvgIpc) is 2.65. The summed E-state index contributed by atoms with van der Waals surface area (Å²) in [5.41, 5.74) is 0. The molecule has 0 bridgehead atoms. The number of rotatable bonds is 4. The predicted molar refractivity (Wildman–Crippen MR) is 55.8 cm³/mol. The van der Waals surface area contributed by atoms with E-state index in [9.17, 15) is 4.79 Å². The lowest BCUT2D eigenvalue weighted by molar-refractivity contribution is 0.0770. The Hall–Kier alpha value is -0.960. The number of amides is 1. The Kier molecular flexibility index (Phi) is 4.01. The van der Waals surface area contributed by atoms with E-state index in [-0.39, 0.29) is 5.91 Å². The zero-order valence-corrected chi connectivity index (χ0v) is 9.17. The number of furan rings is 1. The summed E-state index contributed by atoms with van der Waals surface area (Å²) in [4.78, 5) is 13.2. The number of alkyl halides is 1. The van der Waals surface area contributed by atoms with Gasteiger partial charge in [0.25, 0.3) is 5.91 Å². The summed E-state index contributed by atoms with van der Waals surface area (Å²) in [5.74, 6) is 1.52. The molecule has 4 heteroatoms. The highest BCUT2D eigenvalue weighted by Crippen LogP contribution is 2.10. The molecule has 1 amide bonds. The molecule has 0 aliphatic heterocycles. The molecule has 1 aromatic rings. The molecule has 0 saturated carbocycles. The monoisotopic (exact) mass is 215 g/mol. The fourth-order valence-corrected chi connectivity index (χ4v) is 1.35. The minimum Gasteiger partial charge on any atom is -0.456 e. The first-order valence-electron chi connectivity index (χ1n) is 4.59. The fourth-order valence-electron chi connectivity index (χ4n) is 1.10. The third-order valence-electron chi connectivity index (χ3n) is 1.99. The normalized spacial score (nSPS) is 10.2. The molecular formula is C10H14ClNO2. The smallest absolute Gasteiger partial charge is 0.289 e. The molecule has 0 atom stereocenters. The van der Waals surface area contributed by atoms with Gasteiger partial charge in [0.05, 0.1) is 0 Å². The Morgan fingerprint density at radius 1 is 1.57 bits per heavy atom. The highest BCUT2D eigenvalue weighted by atomic mass is 35.5. The number of aryl methyl sites for hydroxylation is 1. The van der Waals surface area contributed by atoms with Crippen LogP contribution in [-0.2, 0) is 6.42 Å². The highest BCUT2D eigenvalue weighted by molar-refractivity contribution is 6.18. The van der Waals surface area contributed by atoms with Gasteiger partial charge in [0.2, 0.25) is 0 Å². The van der Waals surface area contributed by atoms with Gasteiger partial charge in [0, 0.05) is 25.9 Å². The molecule has 0 fully saturated rings. The van der Waals surface area contributed by atoms with Crippen molar-refractivity contribution in [1.82, 2.24) is 4.90 Å². The molecule has 0 spiro atoms. The van der Waals surface area contributed by atoms with Crippen molar-refractivity contribution < 1.29 is 9.21 Å². The molecular weight excluding hydrogens is 202 g/mol. The maximum absolute atomic E-state index is 11.6. The van der Waals surface area contributed by atoms with Crippen LogP contribution in [-0.4, -0.2) is 30.3 Å². The van der Waals surface area contributed by atoms with E-state index in [0.717, 1.165) is 12.2 Å². The second-order valence-electron chi connectivity index (χ2n) is 3.04. The number of carbonyl (C=O) groups is 1. The number of halogens is 1. The van der Waals surface area contributed by atoms with E-state index < -0.39 is 0 Å². The van der Waals surface area contributed by atoms with Gasteiger partial charge in [-0.2, -0.15) is 0 Å². The first-order chi connectivity index (χ1) is 6.69. The molecule has 1 heterocycles. The summed E-state index contributed by atoms with van der Waals surface area (Å²) in [7, 11) is 1.71. The lowest BCUT2D eigenvalue weighted by atomic mass is 10.3. The fraction of sp³-hybridized carbons (Fsp3) is 0.500. The third-order valence-corrected chi connectivity index (χ3v) is 2.16. The van der Waals surface area contributed by atoms with Crippen molar-refractivity contribution in [3.05, 3.63) is 23.7 Å². The van der Waals surface area contributed by atoms with E-state index in [0.29, 0.717) is 18.2 Å². The van der Waals surface area contributed by atoms with E-state index in [1.165, 1.54) is 0 Å².